The number of halogens is 3. The fourth-order valence-corrected chi connectivity index (χ4v) is 1.90. The van der Waals surface area contributed by atoms with E-state index in [1.165, 1.54) is 19.1 Å². The summed E-state index contributed by atoms with van der Waals surface area (Å²) < 4.78 is 28.3. The maximum atomic E-state index is 12.0. The smallest absolute Gasteiger partial charge is 0.387 e. The van der Waals surface area contributed by atoms with Gasteiger partial charge in [-0.15, -0.1) is 0 Å². The summed E-state index contributed by atoms with van der Waals surface area (Å²) in [6.07, 6.45) is 0. The highest BCUT2D eigenvalue weighted by molar-refractivity contribution is 9.10. The van der Waals surface area contributed by atoms with Crippen LogP contribution in [-0.2, 0) is 0 Å². The first-order valence-electron chi connectivity index (χ1n) is 4.15. The summed E-state index contributed by atoms with van der Waals surface area (Å²) in [5.74, 6) is -0.567. The molecule has 6 heteroatoms. The van der Waals surface area contributed by atoms with E-state index >= 15 is 0 Å². The van der Waals surface area contributed by atoms with Crippen LogP contribution in [0.2, 0.25) is 0 Å². The molecule has 0 aliphatic rings. The number of carbonyl (C=O) groups excluding carboxylic acids is 1. The topological polar surface area (TPSA) is 50.1 Å². The Labute approximate surface area is 98.8 Å². The zero-order valence-corrected chi connectivity index (χ0v) is 9.72. The van der Waals surface area contributed by atoms with Gasteiger partial charge in [-0.3, -0.25) is 4.79 Å². The highest BCUT2D eigenvalue weighted by Gasteiger charge is 2.17. The Morgan fingerprint density at radius 1 is 1.56 bits per heavy atom. The summed E-state index contributed by atoms with van der Waals surface area (Å²) in [6, 6.07) is 4.28. The molecular formula is C10H6BrF2NO2. The number of ether oxygens (including phenoxy) is 1. The molecule has 0 radical (unpaired) electrons. The third-order valence-corrected chi connectivity index (χ3v) is 2.58. The van der Waals surface area contributed by atoms with Crippen LogP contribution in [0.5, 0.6) is 5.75 Å². The zero-order valence-electron chi connectivity index (χ0n) is 8.13. The quantitative estimate of drug-likeness (QED) is 0.804. The molecule has 0 unspecified atom stereocenters. The van der Waals surface area contributed by atoms with E-state index in [9.17, 15) is 13.6 Å². The molecule has 1 aromatic carbocycles. The number of rotatable bonds is 3. The lowest BCUT2D eigenvalue weighted by Crippen LogP contribution is -2.06. The van der Waals surface area contributed by atoms with E-state index in [1.54, 1.807) is 6.07 Å². The van der Waals surface area contributed by atoms with Gasteiger partial charge >= 0.3 is 6.61 Å². The van der Waals surface area contributed by atoms with Crippen LogP contribution in [0.4, 0.5) is 8.78 Å². The number of carbonyl (C=O) groups is 1. The van der Waals surface area contributed by atoms with Crippen LogP contribution in [0.3, 0.4) is 0 Å². The maximum absolute atomic E-state index is 12.0. The Morgan fingerprint density at radius 3 is 2.62 bits per heavy atom. The average Bonchev–Trinajstić information content (AvgIpc) is 2.19. The molecule has 3 nitrogen and oxygen atoms in total. The van der Waals surface area contributed by atoms with Gasteiger partial charge < -0.3 is 4.74 Å². The first-order valence-corrected chi connectivity index (χ1v) is 4.95. The van der Waals surface area contributed by atoms with Crippen molar-refractivity contribution >= 4 is 21.7 Å². The Kier molecular flexibility index (Phi) is 3.96. The standard InChI is InChI=1S/C10H6BrF2NO2/c1-5(15)8-6(4-14)2-3-7(9(8)11)16-10(12)13/h2-3,10H,1H3. The molecule has 0 saturated heterocycles. The summed E-state index contributed by atoms with van der Waals surface area (Å²) in [5.41, 5.74) is 0.154. The highest BCUT2D eigenvalue weighted by Crippen LogP contribution is 2.32. The summed E-state index contributed by atoms with van der Waals surface area (Å²) in [5, 5.41) is 8.75. The molecule has 0 atom stereocenters. The molecule has 0 heterocycles. The van der Waals surface area contributed by atoms with Crippen LogP contribution in [0.1, 0.15) is 22.8 Å². The molecule has 0 bridgehead atoms. The summed E-state index contributed by atoms with van der Waals surface area (Å²) in [4.78, 5) is 11.3. The summed E-state index contributed by atoms with van der Waals surface area (Å²) in [6.45, 7) is -1.74. The van der Waals surface area contributed by atoms with E-state index < -0.39 is 12.4 Å². The third-order valence-electron chi connectivity index (χ3n) is 1.80. The number of alkyl halides is 2. The Balaban J connectivity index is 3.33. The number of benzene rings is 1. The van der Waals surface area contributed by atoms with E-state index in [0.717, 1.165) is 0 Å². The van der Waals surface area contributed by atoms with Gasteiger partial charge in [0.2, 0.25) is 0 Å². The van der Waals surface area contributed by atoms with Crippen molar-refractivity contribution in [2.75, 3.05) is 0 Å². The minimum Gasteiger partial charge on any atom is -0.434 e. The molecule has 0 amide bonds. The van der Waals surface area contributed by atoms with E-state index in [2.05, 4.69) is 20.7 Å². The summed E-state index contributed by atoms with van der Waals surface area (Å²) >= 11 is 2.97. The van der Waals surface area contributed by atoms with Gasteiger partial charge in [0, 0.05) is 0 Å². The molecule has 0 spiro atoms. The van der Waals surface area contributed by atoms with Crippen molar-refractivity contribution in [2.24, 2.45) is 0 Å². The number of ketones is 1. The van der Waals surface area contributed by atoms with Crippen LogP contribution in [0.15, 0.2) is 16.6 Å². The molecule has 84 valence electrons. The van der Waals surface area contributed by atoms with Gasteiger partial charge in [0.05, 0.1) is 21.7 Å². The van der Waals surface area contributed by atoms with Gasteiger partial charge in [-0.25, -0.2) is 0 Å². The highest BCUT2D eigenvalue weighted by atomic mass is 79.9. The van der Waals surface area contributed by atoms with Gasteiger partial charge in [0.1, 0.15) is 5.75 Å². The van der Waals surface area contributed by atoms with Crippen molar-refractivity contribution in [1.82, 2.24) is 0 Å². The lowest BCUT2D eigenvalue weighted by molar-refractivity contribution is -0.0504. The number of nitrogens with zero attached hydrogens (tertiary/aromatic N) is 1. The van der Waals surface area contributed by atoms with Gasteiger partial charge in [-0.05, 0) is 35.0 Å². The lowest BCUT2D eigenvalue weighted by Gasteiger charge is -2.10. The zero-order chi connectivity index (χ0) is 12.3. The van der Waals surface area contributed by atoms with Crippen LogP contribution < -0.4 is 4.74 Å². The molecule has 1 aromatic rings. The van der Waals surface area contributed by atoms with Crippen LogP contribution >= 0.6 is 15.9 Å². The Bertz CT molecular complexity index is 469. The van der Waals surface area contributed by atoms with Gasteiger partial charge in [-0.2, -0.15) is 14.0 Å². The second-order valence-corrected chi connectivity index (χ2v) is 3.64. The van der Waals surface area contributed by atoms with Crippen molar-refractivity contribution in [3.63, 3.8) is 0 Å². The van der Waals surface area contributed by atoms with E-state index in [4.69, 9.17) is 5.26 Å². The Hall–Kier alpha value is -1.48. The van der Waals surface area contributed by atoms with Crippen molar-refractivity contribution in [2.45, 2.75) is 13.5 Å². The Morgan fingerprint density at radius 2 is 2.19 bits per heavy atom. The third kappa shape index (κ3) is 2.55. The normalized spacial score (nSPS) is 10.0. The van der Waals surface area contributed by atoms with Gasteiger partial charge in [0.25, 0.3) is 0 Å². The van der Waals surface area contributed by atoms with E-state index in [0.29, 0.717) is 0 Å². The maximum Gasteiger partial charge on any atom is 0.387 e. The van der Waals surface area contributed by atoms with Gasteiger partial charge in [0.15, 0.2) is 5.78 Å². The van der Waals surface area contributed by atoms with E-state index in [-0.39, 0.29) is 21.3 Å². The molecular weight excluding hydrogens is 284 g/mol. The molecule has 0 aromatic heterocycles. The number of hydrogen-bond donors (Lipinski definition) is 0. The van der Waals surface area contributed by atoms with Gasteiger partial charge in [-0.1, -0.05) is 0 Å². The lowest BCUT2D eigenvalue weighted by atomic mass is 10.1. The SMILES string of the molecule is CC(=O)c1c(C#N)ccc(OC(F)F)c1Br. The van der Waals surface area contributed by atoms with Crippen molar-refractivity contribution < 1.29 is 18.3 Å². The molecule has 0 N–H and O–H groups in total. The van der Waals surface area contributed by atoms with Crippen LogP contribution in [-0.4, -0.2) is 12.4 Å². The fourth-order valence-electron chi connectivity index (χ4n) is 1.18. The first-order chi connectivity index (χ1) is 7.47. The number of hydrogen-bond acceptors (Lipinski definition) is 3. The van der Waals surface area contributed by atoms with Crippen LogP contribution in [0.25, 0.3) is 0 Å². The molecule has 0 aliphatic carbocycles. The number of Topliss-reactive ketones (excluding diaryl/α,β-unsaturated/α-hetero) is 1. The molecule has 0 saturated carbocycles. The fraction of sp³-hybridized carbons (Fsp3) is 0.200. The molecule has 0 aliphatic heterocycles. The molecule has 1 rings (SSSR count). The largest absolute Gasteiger partial charge is 0.434 e. The monoisotopic (exact) mass is 289 g/mol. The molecule has 16 heavy (non-hydrogen) atoms. The average molecular weight is 290 g/mol. The van der Waals surface area contributed by atoms with Crippen LogP contribution in [0, 0.1) is 11.3 Å². The minimum atomic E-state index is -2.98. The van der Waals surface area contributed by atoms with Crippen molar-refractivity contribution in [1.29, 1.82) is 5.26 Å². The predicted molar refractivity (Wildman–Crippen MR) is 55.5 cm³/mol. The van der Waals surface area contributed by atoms with Crippen molar-refractivity contribution in [3.05, 3.63) is 27.7 Å². The minimum absolute atomic E-state index is 0.0423. The second kappa shape index (κ2) is 5.03. The number of nitriles is 1. The first kappa shape index (κ1) is 12.6. The van der Waals surface area contributed by atoms with Crippen molar-refractivity contribution in [3.8, 4) is 11.8 Å². The predicted octanol–water partition coefficient (Wildman–Crippen LogP) is 3.12. The van der Waals surface area contributed by atoms with E-state index in [1.807, 2.05) is 0 Å². The molecule has 0 fully saturated rings. The second-order valence-electron chi connectivity index (χ2n) is 2.85. The summed E-state index contributed by atoms with van der Waals surface area (Å²) in [7, 11) is 0.